The van der Waals surface area contributed by atoms with Crippen LogP contribution in [-0.2, 0) is 17.8 Å². The van der Waals surface area contributed by atoms with Crippen molar-refractivity contribution in [1.29, 1.82) is 0 Å². The van der Waals surface area contributed by atoms with Crippen molar-refractivity contribution in [2.75, 3.05) is 7.11 Å². The van der Waals surface area contributed by atoms with Crippen LogP contribution in [0.4, 0.5) is 0 Å². The number of hydrogen-bond acceptors (Lipinski definition) is 3. The highest BCUT2D eigenvalue weighted by molar-refractivity contribution is 5.76. The maximum atomic E-state index is 11.7. The van der Waals surface area contributed by atoms with Gasteiger partial charge in [-0.1, -0.05) is 18.2 Å². The summed E-state index contributed by atoms with van der Waals surface area (Å²) in [6, 6.07) is 11.4. The van der Waals surface area contributed by atoms with E-state index in [0.717, 1.165) is 17.1 Å². The molecule has 0 aliphatic carbocycles. The van der Waals surface area contributed by atoms with E-state index in [4.69, 9.17) is 9.15 Å². The van der Waals surface area contributed by atoms with Gasteiger partial charge in [0, 0.05) is 6.42 Å². The van der Waals surface area contributed by atoms with Crippen LogP contribution in [0.15, 0.2) is 47.1 Å². The molecule has 0 radical (unpaired) electrons. The summed E-state index contributed by atoms with van der Waals surface area (Å²) in [5, 5.41) is 2.82. The zero-order valence-electron chi connectivity index (χ0n) is 10.9. The fraction of sp³-hybridized carbons (Fsp3) is 0.267. The Bertz CT molecular complexity index is 520. The van der Waals surface area contributed by atoms with Gasteiger partial charge < -0.3 is 14.5 Å². The summed E-state index contributed by atoms with van der Waals surface area (Å²) in [5.41, 5.74) is 1.04. The quantitative estimate of drug-likeness (QED) is 0.867. The standard InChI is InChI=1S/C15H17NO3/c1-18-14-7-3-2-5-12(14)8-9-15(17)16-11-13-6-4-10-19-13/h2-7,10H,8-9,11H2,1H3,(H,16,17). The van der Waals surface area contributed by atoms with E-state index in [1.54, 1.807) is 19.4 Å². The first-order chi connectivity index (χ1) is 9.29. The molecular weight excluding hydrogens is 242 g/mol. The number of rotatable bonds is 6. The van der Waals surface area contributed by atoms with Crippen molar-refractivity contribution in [2.45, 2.75) is 19.4 Å². The normalized spacial score (nSPS) is 10.2. The number of furan rings is 1. The molecule has 4 nitrogen and oxygen atoms in total. The lowest BCUT2D eigenvalue weighted by Crippen LogP contribution is -2.22. The molecule has 4 heteroatoms. The van der Waals surface area contributed by atoms with Gasteiger partial charge in [0.1, 0.15) is 11.5 Å². The minimum atomic E-state index is 0.00214. The first kappa shape index (κ1) is 13.2. The van der Waals surface area contributed by atoms with Gasteiger partial charge in [-0.3, -0.25) is 4.79 Å². The molecule has 1 aromatic carbocycles. The Morgan fingerprint density at radius 3 is 2.84 bits per heavy atom. The van der Waals surface area contributed by atoms with Crippen LogP contribution in [0.1, 0.15) is 17.7 Å². The molecule has 19 heavy (non-hydrogen) atoms. The molecule has 0 aliphatic heterocycles. The summed E-state index contributed by atoms with van der Waals surface area (Å²) in [6.45, 7) is 0.428. The maximum Gasteiger partial charge on any atom is 0.220 e. The second kappa shape index (κ2) is 6.64. The van der Waals surface area contributed by atoms with Gasteiger partial charge in [0.2, 0.25) is 5.91 Å². The summed E-state index contributed by atoms with van der Waals surface area (Å²) in [4.78, 5) is 11.7. The summed E-state index contributed by atoms with van der Waals surface area (Å²) in [5.74, 6) is 1.58. The van der Waals surface area contributed by atoms with Gasteiger partial charge in [-0.05, 0) is 30.2 Å². The third-order valence-electron chi connectivity index (χ3n) is 2.85. The van der Waals surface area contributed by atoms with Crippen LogP contribution in [-0.4, -0.2) is 13.0 Å². The number of ether oxygens (including phenoxy) is 1. The lowest BCUT2D eigenvalue weighted by Gasteiger charge is -2.08. The van der Waals surface area contributed by atoms with E-state index in [2.05, 4.69) is 5.32 Å². The van der Waals surface area contributed by atoms with Gasteiger partial charge in [-0.25, -0.2) is 0 Å². The molecule has 1 amide bonds. The van der Waals surface area contributed by atoms with Gasteiger partial charge >= 0.3 is 0 Å². The fourth-order valence-electron chi connectivity index (χ4n) is 1.84. The number of aryl methyl sites for hydroxylation is 1. The summed E-state index contributed by atoms with van der Waals surface area (Å²) < 4.78 is 10.4. The Morgan fingerprint density at radius 2 is 2.11 bits per heavy atom. The second-order valence-corrected chi connectivity index (χ2v) is 4.17. The SMILES string of the molecule is COc1ccccc1CCC(=O)NCc1ccco1. The van der Waals surface area contributed by atoms with Gasteiger partial charge in [0.05, 0.1) is 19.9 Å². The van der Waals surface area contributed by atoms with Crippen molar-refractivity contribution >= 4 is 5.91 Å². The Hall–Kier alpha value is -2.23. The van der Waals surface area contributed by atoms with Gasteiger partial charge in [0.25, 0.3) is 0 Å². The number of methoxy groups -OCH3 is 1. The van der Waals surface area contributed by atoms with Crippen molar-refractivity contribution in [3.05, 3.63) is 54.0 Å². The number of carbonyl (C=O) groups excluding carboxylic acids is 1. The topological polar surface area (TPSA) is 51.5 Å². The van der Waals surface area contributed by atoms with Gasteiger partial charge in [-0.2, -0.15) is 0 Å². The van der Waals surface area contributed by atoms with Crippen LogP contribution in [0, 0.1) is 0 Å². The molecule has 0 fully saturated rings. The molecule has 0 spiro atoms. The van der Waals surface area contributed by atoms with E-state index in [1.807, 2.05) is 30.3 Å². The van der Waals surface area contributed by atoms with Gasteiger partial charge in [-0.15, -0.1) is 0 Å². The van der Waals surface area contributed by atoms with E-state index in [1.165, 1.54) is 0 Å². The Kier molecular flexibility index (Phi) is 4.61. The monoisotopic (exact) mass is 259 g/mol. The van der Waals surface area contributed by atoms with E-state index in [-0.39, 0.29) is 5.91 Å². The number of hydrogen-bond donors (Lipinski definition) is 1. The molecule has 0 atom stereocenters. The predicted molar refractivity (Wildman–Crippen MR) is 71.9 cm³/mol. The molecule has 2 rings (SSSR count). The van der Waals surface area contributed by atoms with Crippen LogP contribution < -0.4 is 10.1 Å². The van der Waals surface area contributed by atoms with E-state index < -0.39 is 0 Å². The molecule has 0 aliphatic rings. The summed E-state index contributed by atoms with van der Waals surface area (Å²) in [7, 11) is 1.63. The number of para-hydroxylation sites is 1. The minimum absolute atomic E-state index is 0.00214. The molecule has 1 aromatic heterocycles. The van der Waals surface area contributed by atoms with Crippen LogP contribution in [0.25, 0.3) is 0 Å². The average Bonchev–Trinajstić information content (AvgIpc) is 2.96. The van der Waals surface area contributed by atoms with Crippen molar-refractivity contribution in [1.82, 2.24) is 5.32 Å². The van der Waals surface area contributed by atoms with Crippen molar-refractivity contribution in [3.8, 4) is 5.75 Å². The number of nitrogens with one attached hydrogen (secondary N) is 1. The molecule has 0 saturated heterocycles. The molecule has 0 saturated carbocycles. The third kappa shape index (κ3) is 3.88. The molecule has 100 valence electrons. The number of amides is 1. The van der Waals surface area contributed by atoms with Crippen LogP contribution in [0.3, 0.4) is 0 Å². The smallest absolute Gasteiger partial charge is 0.220 e. The highest BCUT2D eigenvalue weighted by Crippen LogP contribution is 2.18. The van der Waals surface area contributed by atoms with E-state index in [9.17, 15) is 4.79 Å². The zero-order chi connectivity index (χ0) is 13.5. The fourth-order valence-corrected chi connectivity index (χ4v) is 1.84. The highest BCUT2D eigenvalue weighted by atomic mass is 16.5. The summed E-state index contributed by atoms with van der Waals surface area (Å²) in [6.07, 6.45) is 2.69. The zero-order valence-corrected chi connectivity index (χ0v) is 10.9. The van der Waals surface area contributed by atoms with E-state index >= 15 is 0 Å². The third-order valence-corrected chi connectivity index (χ3v) is 2.85. The molecule has 1 N–H and O–H groups in total. The van der Waals surface area contributed by atoms with Crippen LogP contribution in [0.2, 0.25) is 0 Å². The van der Waals surface area contributed by atoms with Crippen molar-refractivity contribution < 1.29 is 13.9 Å². The molecule has 0 bridgehead atoms. The second-order valence-electron chi connectivity index (χ2n) is 4.17. The molecule has 0 unspecified atom stereocenters. The molecular formula is C15H17NO3. The number of benzene rings is 1. The Morgan fingerprint density at radius 1 is 1.26 bits per heavy atom. The Labute approximate surface area is 112 Å². The average molecular weight is 259 g/mol. The first-order valence-corrected chi connectivity index (χ1v) is 6.20. The highest BCUT2D eigenvalue weighted by Gasteiger charge is 2.06. The lowest BCUT2D eigenvalue weighted by atomic mass is 10.1. The van der Waals surface area contributed by atoms with Crippen molar-refractivity contribution in [2.24, 2.45) is 0 Å². The van der Waals surface area contributed by atoms with Crippen LogP contribution >= 0.6 is 0 Å². The van der Waals surface area contributed by atoms with Crippen molar-refractivity contribution in [3.63, 3.8) is 0 Å². The summed E-state index contributed by atoms with van der Waals surface area (Å²) >= 11 is 0. The first-order valence-electron chi connectivity index (χ1n) is 6.20. The van der Waals surface area contributed by atoms with E-state index in [0.29, 0.717) is 19.4 Å². The molecule has 1 heterocycles. The molecule has 2 aromatic rings. The minimum Gasteiger partial charge on any atom is -0.496 e. The van der Waals surface area contributed by atoms with Gasteiger partial charge in [0.15, 0.2) is 0 Å². The maximum absolute atomic E-state index is 11.7. The number of carbonyl (C=O) groups is 1. The predicted octanol–water partition coefficient (Wildman–Crippen LogP) is 2.54. The van der Waals surface area contributed by atoms with Crippen LogP contribution in [0.5, 0.6) is 5.75 Å². The lowest BCUT2D eigenvalue weighted by molar-refractivity contribution is -0.121. The Balaban J connectivity index is 1.80. The largest absolute Gasteiger partial charge is 0.496 e.